The van der Waals surface area contributed by atoms with Crippen molar-refractivity contribution in [1.29, 1.82) is 0 Å². The maximum absolute atomic E-state index is 11.3. The molecule has 1 N–H and O–H groups in total. The highest BCUT2D eigenvalue weighted by Gasteiger charge is 2.26. The number of benzene rings is 3. The third kappa shape index (κ3) is 4.40. The Morgan fingerprint density at radius 1 is 0.788 bits per heavy atom. The summed E-state index contributed by atoms with van der Waals surface area (Å²) in [6.07, 6.45) is 7.13. The van der Waals surface area contributed by atoms with Gasteiger partial charge in [0.15, 0.2) is 0 Å². The fourth-order valence-corrected chi connectivity index (χ4v) is 4.91. The third-order valence-electron chi connectivity index (χ3n) is 6.44. The van der Waals surface area contributed by atoms with Gasteiger partial charge in [0.25, 0.3) is 0 Å². The van der Waals surface area contributed by atoms with Gasteiger partial charge in [0.1, 0.15) is 0 Å². The van der Waals surface area contributed by atoms with Crippen molar-refractivity contribution in [2.45, 2.75) is 32.2 Å². The van der Waals surface area contributed by atoms with Crippen LogP contribution in [-0.2, 0) is 30.6 Å². The number of aryl methyl sites for hydroxylation is 2. The molecule has 1 aromatic heterocycles. The molecule has 5 rings (SSSR count). The topological polar surface area (TPSA) is 42.2 Å². The van der Waals surface area contributed by atoms with Crippen molar-refractivity contribution in [1.82, 2.24) is 4.57 Å². The van der Waals surface area contributed by atoms with Crippen LogP contribution < -0.4 is 0 Å². The van der Waals surface area contributed by atoms with Gasteiger partial charge in [-0.3, -0.25) is 0 Å². The zero-order valence-electron chi connectivity index (χ0n) is 18.6. The molecule has 4 aromatic rings. The third-order valence-corrected chi connectivity index (χ3v) is 6.44. The molecule has 0 atom stereocenters. The fourth-order valence-electron chi connectivity index (χ4n) is 4.91. The van der Waals surface area contributed by atoms with Gasteiger partial charge in [-0.15, -0.1) is 0 Å². The smallest absolute Gasteiger partial charge is 0.328 e. The number of fused-ring (bicyclic) bond motifs is 1. The van der Waals surface area contributed by atoms with Gasteiger partial charge < -0.3 is 9.67 Å². The summed E-state index contributed by atoms with van der Waals surface area (Å²) in [6.45, 7) is 0.920. The SMILES string of the molecule is O=C(O)/C=C/c1c(-c2ccc(CCc3ccccc3)cc2)c(-c2ccccc2)c2n1CCC2. The zero-order valence-corrected chi connectivity index (χ0v) is 18.6. The molecule has 164 valence electrons. The maximum Gasteiger partial charge on any atom is 0.328 e. The number of aromatic nitrogens is 1. The summed E-state index contributed by atoms with van der Waals surface area (Å²) >= 11 is 0. The quantitative estimate of drug-likeness (QED) is 0.332. The van der Waals surface area contributed by atoms with Crippen LogP contribution >= 0.6 is 0 Å². The van der Waals surface area contributed by atoms with E-state index in [1.54, 1.807) is 6.08 Å². The van der Waals surface area contributed by atoms with Crippen LogP contribution in [0.25, 0.3) is 28.3 Å². The molecule has 3 nitrogen and oxygen atoms in total. The van der Waals surface area contributed by atoms with Crippen LogP contribution in [0.4, 0.5) is 0 Å². The predicted octanol–water partition coefficient (Wildman–Crippen LogP) is 6.65. The summed E-state index contributed by atoms with van der Waals surface area (Å²) in [5, 5.41) is 9.30. The molecular weight excluding hydrogens is 406 g/mol. The van der Waals surface area contributed by atoms with Gasteiger partial charge in [0, 0.05) is 35.1 Å². The molecule has 0 radical (unpaired) electrons. The van der Waals surface area contributed by atoms with Crippen LogP contribution in [0.3, 0.4) is 0 Å². The van der Waals surface area contributed by atoms with E-state index in [9.17, 15) is 9.90 Å². The van der Waals surface area contributed by atoms with Crippen molar-refractivity contribution in [3.63, 3.8) is 0 Å². The van der Waals surface area contributed by atoms with E-state index in [1.165, 1.54) is 34.0 Å². The van der Waals surface area contributed by atoms with Gasteiger partial charge in [-0.1, -0.05) is 84.9 Å². The van der Waals surface area contributed by atoms with Crippen molar-refractivity contribution < 1.29 is 9.90 Å². The van der Waals surface area contributed by atoms with E-state index in [-0.39, 0.29) is 0 Å². The minimum Gasteiger partial charge on any atom is -0.478 e. The Morgan fingerprint density at radius 3 is 2.06 bits per heavy atom. The summed E-state index contributed by atoms with van der Waals surface area (Å²) in [6, 6.07) is 29.8. The van der Waals surface area contributed by atoms with E-state index >= 15 is 0 Å². The van der Waals surface area contributed by atoms with Gasteiger partial charge in [0.05, 0.1) is 0 Å². The van der Waals surface area contributed by atoms with Gasteiger partial charge in [-0.2, -0.15) is 0 Å². The van der Waals surface area contributed by atoms with Crippen molar-refractivity contribution in [3.05, 3.63) is 114 Å². The van der Waals surface area contributed by atoms with Crippen molar-refractivity contribution >= 4 is 12.0 Å². The lowest BCUT2D eigenvalue weighted by atomic mass is 9.92. The highest BCUT2D eigenvalue weighted by atomic mass is 16.4. The fraction of sp³-hybridized carbons (Fsp3) is 0.167. The average molecular weight is 434 g/mol. The molecule has 2 heterocycles. The van der Waals surface area contributed by atoms with Gasteiger partial charge >= 0.3 is 5.97 Å². The number of carbonyl (C=O) groups is 1. The van der Waals surface area contributed by atoms with E-state index in [0.29, 0.717) is 0 Å². The number of nitrogens with zero attached hydrogens (tertiary/aromatic N) is 1. The molecule has 0 unspecified atom stereocenters. The lowest BCUT2D eigenvalue weighted by molar-refractivity contribution is -0.131. The second-order valence-electron chi connectivity index (χ2n) is 8.56. The summed E-state index contributed by atoms with van der Waals surface area (Å²) in [5.74, 6) is -0.924. The molecule has 0 spiro atoms. The summed E-state index contributed by atoms with van der Waals surface area (Å²) in [7, 11) is 0. The van der Waals surface area contributed by atoms with E-state index in [0.717, 1.165) is 49.0 Å². The van der Waals surface area contributed by atoms with Crippen LogP contribution in [0.2, 0.25) is 0 Å². The second-order valence-corrected chi connectivity index (χ2v) is 8.56. The molecular formula is C30H27NO2. The number of hydrogen-bond donors (Lipinski definition) is 1. The van der Waals surface area contributed by atoms with E-state index in [4.69, 9.17) is 0 Å². The predicted molar refractivity (Wildman–Crippen MR) is 134 cm³/mol. The van der Waals surface area contributed by atoms with Crippen LogP contribution in [0.5, 0.6) is 0 Å². The van der Waals surface area contributed by atoms with Gasteiger partial charge in [-0.25, -0.2) is 4.79 Å². The normalized spacial score (nSPS) is 12.8. The summed E-state index contributed by atoms with van der Waals surface area (Å²) in [4.78, 5) is 11.3. The maximum atomic E-state index is 11.3. The van der Waals surface area contributed by atoms with Crippen molar-refractivity contribution in [3.8, 4) is 22.3 Å². The molecule has 0 amide bonds. The van der Waals surface area contributed by atoms with Crippen LogP contribution in [-0.4, -0.2) is 15.6 Å². The number of carboxylic acids is 1. The molecule has 33 heavy (non-hydrogen) atoms. The average Bonchev–Trinajstić information content (AvgIpc) is 3.44. The van der Waals surface area contributed by atoms with E-state index in [1.807, 2.05) is 12.1 Å². The number of carboxylic acid groups (broad SMARTS) is 1. The lowest BCUT2D eigenvalue weighted by Gasteiger charge is -2.10. The molecule has 0 saturated carbocycles. The van der Waals surface area contributed by atoms with Crippen LogP contribution in [0.15, 0.2) is 91.0 Å². The Morgan fingerprint density at radius 2 is 1.39 bits per heavy atom. The monoisotopic (exact) mass is 433 g/mol. The molecule has 1 aliphatic heterocycles. The molecule has 1 aliphatic rings. The Hall–Kier alpha value is -3.85. The molecule has 3 aromatic carbocycles. The van der Waals surface area contributed by atoms with Crippen molar-refractivity contribution in [2.75, 3.05) is 0 Å². The molecule has 0 saturated heterocycles. The molecule has 0 aliphatic carbocycles. The van der Waals surface area contributed by atoms with Gasteiger partial charge in [-0.05, 0) is 54.0 Å². The first-order valence-electron chi connectivity index (χ1n) is 11.6. The van der Waals surface area contributed by atoms with Crippen LogP contribution in [0.1, 0.15) is 28.9 Å². The van der Waals surface area contributed by atoms with E-state index in [2.05, 4.69) is 77.4 Å². The minimum absolute atomic E-state index is 0.920. The Bertz CT molecular complexity index is 1280. The lowest BCUT2D eigenvalue weighted by Crippen LogP contribution is -1.97. The minimum atomic E-state index is -0.924. The summed E-state index contributed by atoms with van der Waals surface area (Å²) in [5.41, 5.74) is 9.61. The highest BCUT2D eigenvalue weighted by molar-refractivity contribution is 5.94. The number of aliphatic carboxylic acids is 1. The Kier molecular flexibility index (Phi) is 5.95. The number of rotatable bonds is 7. The first kappa shape index (κ1) is 21.0. The van der Waals surface area contributed by atoms with Crippen LogP contribution in [0, 0.1) is 0 Å². The van der Waals surface area contributed by atoms with Crippen molar-refractivity contribution in [2.24, 2.45) is 0 Å². The standard InChI is InChI=1S/C30H27NO2/c32-28(33)20-19-27-30(29(24-10-5-2-6-11-24)26-12-7-21-31(26)27)25-17-15-23(16-18-25)14-13-22-8-3-1-4-9-22/h1-6,8-11,15-20H,7,12-14,21H2,(H,32,33)/b20-19+. The second kappa shape index (κ2) is 9.33. The largest absolute Gasteiger partial charge is 0.478 e. The molecule has 3 heteroatoms. The first-order chi connectivity index (χ1) is 16.2. The number of hydrogen-bond acceptors (Lipinski definition) is 1. The Labute approximate surface area is 194 Å². The van der Waals surface area contributed by atoms with Gasteiger partial charge in [0.2, 0.25) is 0 Å². The van der Waals surface area contributed by atoms with E-state index < -0.39 is 5.97 Å². The molecule has 0 bridgehead atoms. The zero-order chi connectivity index (χ0) is 22.6. The summed E-state index contributed by atoms with van der Waals surface area (Å²) < 4.78 is 2.31. The first-order valence-corrected chi connectivity index (χ1v) is 11.6. The molecule has 0 fully saturated rings. The Balaban J connectivity index is 1.56. The highest BCUT2D eigenvalue weighted by Crippen LogP contribution is 2.43.